The summed E-state index contributed by atoms with van der Waals surface area (Å²) in [7, 11) is 0. The first-order valence-corrected chi connectivity index (χ1v) is 9.53. The molecule has 156 valence electrons. The topological polar surface area (TPSA) is 67.6 Å². The van der Waals surface area contributed by atoms with Gasteiger partial charge in [-0.3, -0.25) is 9.69 Å². The van der Waals surface area contributed by atoms with Crippen molar-refractivity contribution in [2.24, 2.45) is 0 Å². The number of carbonyl (C=O) groups is 1. The summed E-state index contributed by atoms with van der Waals surface area (Å²) in [5.74, 6) is -1.19. The van der Waals surface area contributed by atoms with Gasteiger partial charge in [-0.05, 0) is 42.5 Å². The smallest absolute Gasteiger partial charge is 0.417 e. The van der Waals surface area contributed by atoms with Crippen molar-refractivity contribution in [3.63, 3.8) is 0 Å². The third kappa shape index (κ3) is 3.34. The molecule has 0 atom stereocenters. The zero-order valence-corrected chi connectivity index (χ0v) is 16.8. The van der Waals surface area contributed by atoms with Gasteiger partial charge in [0, 0.05) is 5.69 Å². The van der Waals surface area contributed by atoms with E-state index in [0.29, 0.717) is 5.69 Å². The number of carbonyl (C=O) groups excluding carboxylic acids is 1. The van der Waals surface area contributed by atoms with Crippen LogP contribution >= 0.6 is 23.2 Å². The Morgan fingerprint density at radius 3 is 2.17 bits per heavy atom. The number of phenolic OH excluding ortho intramolecular Hbond substituents is 1. The Balaban J connectivity index is 2.18. The van der Waals surface area contributed by atoms with Crippen LogP contribution in [0.2, 0.25) is 0 Å². The predicted octanol–water partition coefficient (Wildman–Crippen LogP) is 4.82. The van der Waals surface area contributed by atoms with E-state index in [1.165, 1.54) is 41.3 Å². The molecule has 30 heavy (non-hydrogen) atoms. The fraction of sp³-hybridized carbons (Fsp3) is 0.200. The summed E-state index contributed by atoms with van der Waals surface area (Å²) in [6, 6.07) is 10.2. The molecular weight excluding hydrogens is 442 g/mol. The Morgan fingerprint density at radius 2 is 1.67 bits per heavy atom. The van der Waals surface area contributed by atoms with Crippen LogP contribution in [0.3, 0.4) is 0 Å². The van der Waals surface area contributed by atoms with Crippen LogP contribution in [0.1, 0.15) is 11.1 Å². The fourth-order valence-electron chi connectivity index (χ4n) is 3.31. The molecular formula is C20H14Cl2F3N3O2. The monoisotopic (exact) mass is 455 g/mol. The minimum atomic E-state index is -4.79. The van der Waals surface area contributed by atoms with Gasteiger partial charge in [-0.15, -0.1) is 23.2 Å². The van der Waals surface area contributed by atoms with Crippen LogP contribution < -0.4 is 9.80 Å². The largest absolute Gasteiger partial charge is 0.508 e. The number of nitriles is 1. The second-order valence-electron chi connectivity index (χ2n) is 6.55. The summed E-state index contributed by atoms with van der Waals surface area (Å²) in [6.45, 7) is 3.87. The van der Waals surface area contributed by atoms with Gasteiger partial charge in [0.05, 0.1) is 34.6 Å². The molecule has 10 heteroatoms. The van der Waals surface area contributed by atoms with Gasteiger partial charge < -0.3 is 10.0 Å². The van der Waals surface area contributed by atoms with Crippen LogP contribution in [0, 0.1) is 11.3 Å². The lowest BCUT2D eigenvalue weighted by atomic mass is 10.0. The summed E-state index contributed by atoms with van der Waals surface area (Å²) in [5, 5.41) is 18.5. The fourth-order valence-corrected chi connectivity index (χ4v) is 4.06. The first-order chi connectivity index (χ1) is 14.1. The molecule has 0 radical (unpaired) electrons. The van der Waals surface area contributed by atoms with Crippen LogP contribution in [-0.2, 0) is 11.0 Å². The summed E-state index contributed by atoms with van der Waals surface area (Å²) in [4.78, 5) is 15.8. The average Bonchev–Trinajstić information content (AvgIpc) is 2.94. The first kappa shape index (κ1) is 21.8. The quantitative estimate of drug-likeness (QED) is 0.670. The van der Waals surface area contributed by atoms with Gasteiger partial charge >= 0.3 is 6.18 Å². The molecule has 1 fully saturated rings. The summed E-state index contributed by atoms with van der Waals surface area (Å²) < 4.78 is 40.2. The maximum absolute atomic E-state index is 13.4. The second-order valence-corrected chi connectivity index (χ2v) is 7.08. The SMILES string of the molecule is C=C1N(c2ccc(C#N)c(C(F)(F)F)c2)C(=O)C(CCl)(CCl)N1c1ccc(O)cc1. The number of halogens is 5. The lowest BCUT2D eigenvalue weighted by Gasteiger charge is -2.33. The number of anilines is 2. The van der Waals surface area contributed by atoms with E-state index in [-0.39, 0.29) is 29.0 Å². The Hall–Kier alpha value is -2.89. The Labute approximate surface area is 180 Å². The lowest BCUT2D eigenvalue weighted by Crippen LogP contribution is -2.52. The molecule has 1 amide bonds. The third-order valence-electron chi connectivity index (χ3n) is 4.78. The second kappa shape index (κ2) is 7.74. The lowest BCUT2D eigenvalue weighted by molar-refractivity contribution is -0.137. The van der Waals surface area contributed by atoms with Gasteiger partial charge in [0.1, 0.15) is 11.6 Å². The molecule has 1 aliphatic heterocycles. The molecule has 1 saturated heterocycles. The maximum atomic E-state index is 13.4. The van der Waals surface area contributed by atoms with Crippen molar-refractivity contribution in [1.82, 2.24) is 0 Å². The number of rotatable bonds is 4. The molecule has 0 bridgehead atoms. The number of benzene rings is 2. The van der Waals surface area contributed by atoms with Crippen molar-refractivity contribution in [2.75, 3.05) is 21.6 Å². The first-order valence-electron chi connectivity index (χ1n) is 8.46. The summed E-state index contributed by atoms with van der Waals surface area (Å²) in [6.07, 6.45) is -4.79. The molecule has 0 aliphatic carbocycles. The average molecular weight is 456 g/mol. The van der Waals surface area contributed by atoms with E-state index in [2.05, 4.69) is 6.58 Å². The van der Waals surface area contributed by atoms with Gasteiger partial charge in [-0.1, -0.05) is 6.58 Å². The van der Waals surface area contributed by atoms with Crippen LogP contribution in [0.25, 0.3) is 0 Å². The van der Waals surface area contributed by atoms with Crippen molar-refractivity contribution in [2.45, 2.75) is 11.7 Å². The maximum Gasteiger partial charge on any atom is 0.417 e. The molecule has 5 nitrogen and oxygen atoms in total. The van der Waals surface area contributed by atoms with E-state index >= 15 is 0 Å². The molecule has 1 aliphatic rings. The highest BCUT2D eigenvalue weighted by molar-refractivity contribution is 6.29. The van der Waals surface area contributed by atoms with Gasteiger partial charge in [-0.25, -0.2) is 0 Å². The van der Waals surface area contributed by atoms with Crippen molar-refractivity contribution in [3.05, 3.63) is 66.0 Å². The highest BCUT2D eigenvalue weighted by atomic mass is 35.5. The highest BCUT2D eigenvalue weighted by Gasteiger charge is 2.55. The van der Waals surface area contributed by atoms with Gasteiger partial charge in [0.25, 0.3) is 5.91 Å². The van der Waals surface area contributed by atoms with E-state index in [0.717, 1.165) is 17.0 Å². The van der Waals surface area contributed by atoms with Crippen LogP contribution in [0.5, 0.6) is 5.75 Å². The Morgan fingerprint density at radius 1 is 1.10 bits per heavy atom. The molecule has 1 N–H and O–H groups in total. The summed E-state index contributed by atoms with van der Waals surface area (Å²) >= 11 is 12.2. The standard InChI is InChI=1S/C20H14Cl2F3N3O2/c1-12-27(15-3-2-13(9-26)17(8-15)20(23,24)25)18(30)19(10-21,11-22)28(12)14-4-6-16(29)7-5-14/h2-8,29H,1,10-11H2. The molecule has 0 saturated carbocycles. The van der Waals surface area contributed by atoms with Gasteiger partial charge in [0.15, 0.2) is 5.54 Å². The zero-order chi connectivity index (χ0) is 22.3. The van der Waals surface area contributed by atoms with E-state index < -0.39 is 28.7 Å². The van der Waals surface area contributed by atoms with Gasteiger partial charge in [0.2, 0.25) is 0 Å². The van der Waals surface area contributed by atoms with Crippen molar-refractivity contribution >= 4 is 40.5 Å². The molecule has 3 rings (SSSR count). The predicted molar refractivity (Wildman–Crippen MR) is 108 cm³/mol. The van der Waals surface area contributed by atoms with E-state index in [1.807, 2.05) is 0 Å². The van der Waals surface area contributed by atoms with E-state index in [1.54, 1.807) is 0 Å². The third-order valence-corrected chi connectivity index (χ3v) is 5.67. The Bertz CT molecular complexity index is 1040. The van der Waals surface area contributed by atoms with Gasteiger partial charge in [-0.2, -0.15) is 18.4 Å². The number of alkyl halides is 5. The zero-order valence-electron chi connectivity index (χ0n) is 15.2. The number of hydrogen-bond donors (Lipinski definition) is 1. The molecule has 1 heterocycles. The van der Waals surface area contributed by atoms with Crippen LogP contribution in [0.15, 0.2) is 54.9 Å². The normalized spacial score (nSPS) is 16.1. The molecule has 2 aromatic rings. The molecule has 0 unspecified atom stereocenters. The van der Waals surface area contributed by atoms with E-state index in [4.69, 9.17) is 28.5 Å². The van der Waals surface area contributed by atoms with Crippen molar-refractivity contribution < 1.29 is 23.1 Å². The number of nitrogens with zero attached hydrogens (tertiary/aromatic N) is 3. The Kier molecular flexibility index (Phi) is 5.63. The number of amides is 1. The number of aromatic hydroxyl groups is 1. The minimum Gasteiger partial charge on any atom is -0.508 e. The van der Waals surface area contributed by atoms with Crippen molar-refractivity contribution in [3.8, 4) is 11.8 Å². The molecule has 0 aromatic heterocycles. The van der Waals surface area contributed by atoms with Crippen molar-refractivity contribution in [1.29, 1.82) is 5.26 Å². The highest BCUT2D eigenvalue weighted by Crippen LogP contribution is 2.43. The van der Waals surface area contributed by atoms with E-state index in [9.17, 15) is 23.1 Å². The number of phenols is 1. The van der Waals surface area contributed by atoms with Crippen LogP contribution in [-0.4, -0.2) is 28.3 Å². The summed E-state index contributed by atoms with van der Waals surface area (Å²) in [5.41, 5.74) is -2.96. The number of hydrogen-bond acceptors (Lipinski definition) is 4. The minimum absolute atomic E-state index is 0.0176. The molecule has 0 spiro atoms. The van der Waals surface area contributed by atoms with Crippen LogP contribution in [0.4, 0.5) is 24.5 Å². The molecule has 2 aromatic carbocycles.